The highest BCUT2D eigenvalue weighted by molar-refractivity contribution is 8.15. The number of thioether (sulfide) groups is 1. The van der Waals surface area contributed by atoms with E-state index in [0.29, 0.717) is 22.4 Å². The topological polar surface area (TPSA) is 72.3 Å². The zero-order chi connectivity index (χ0) is 13.7. The molecule has 1 heterocycles. The summed E-state index contributed by atoms with van der Waals surface area (Å²) in [5.41, 5.74) is 0.780. The Labute approximate surface area is 114 Å². The van der Waals surface area contributed by atoms with Crippen LogP contribution in [-0.2, 0) is 4.79 Å². The molecule has 0 atom stereocenters. The van der Waals surface area contributed by atoms with E-state index in [4.69, 9.17) is 9.47 Å². The Morgan fingerprint density at radius 1 is 1.37 bits per heavy atom. The number of rotatable bonds is 4. The van der Waals surface area contributed by atoms with Crippen molar-refractivity contribution in [3.63, 3.8) is 0 Å². The summed E-state index contributed by atoms with van der Waals surface area (Å²) in [7, 11) is 3.17. The molecule has 0 radical (unpaired) electrons. The van der Waals surface area contributed by atoms with Crippen LogP contribution < -0.4 is 14.8 Å². The Morgan fingerprint density at radius 2 is 2.21 bits per heavy atom. The van der Waals surface area contributed by atoms with Gasteiger partial charge in [-0.2, -0.15) is 5.10 Å². The van der Waals surface area contributed by atoms with Gasteiger partial charge in [0.1, 0.15) is 11.5 Å². The zero-order valence-corrected chi connectivity index (χ0v) is 11.4. The van der Waals surface area contributed by atoms with Crippen molar-refractivity contribution in [3.05, 3.63) is 23.8 Å². The summed E-state index contributed by atoms with van der Waals surface area (Å²) in [6.07, 6.45) is 1.57. The maximum absolute atomic E-state index is 11.0. The molecule has 7 heteroatoms. The first-order valence-electron chi connectivity index (χ1n) is 5.48. The Kier molecular flexibility index (Phi) is 4.40. The largest absolute Gasteiger partial charge is 0.497 e. The van der Waals surface area contributed by atoms with Crippen LogP contribution in [-0.4, -0.2) is 37.3 Å². The van der Waals surface area contributed by atoms with Crippen molar-refractivity contribution in [3.8, 4) is 11.5 Å². The standard InChI is InChI=1S/C12H13N3O3S/c1-17-9-4-3-8(10(5-9)18-2)6-13-15-12-14-11(16)7-19-12/h3-6H,7H2,1-2H3,(H,14,15,16)/b13-6+. The third-order valence-electron chi connectivity index (χ3n) is 2.37. The normalized spacial score (nSPS) is 16.9. The fourth-order valence-corrected chi connectivity index (χ4v) is 2.08. The van der Waals surface area contributed by atoms with Crippen LogP contribution in [0.5, 0.6) is 11.5 Å². The van der Waals surface area contributed by atoms with Crippen LogP contribution in [0.15, 0.2) is 28.4 Å². The van der Waals surface area contributed by atoms with E-state index < -0.39 is 0 Å². The molecule has 1 N–H and O–H groups in total. The first kappa shape index (κ1) is 13.4. The number of carbonyl (C=O) groups excluding carboxylic acids is 1. The molecule has 1 fully saturated rings. The first-order valence-corrected chi connectivity index (χ1v) is 6.47. The van der Waals surface area contributed by atoms with Crippen LogP contribution in [0.3, 0.4) is 0 Å². The number of benzene rings is 1. The zero-order valence-electron chi connectivity index (χ0n) is 10.5. The molecule has 6 nitrogen and oxygen atoms in total. The van der Waals surface area contributed by atoms with E-state index in [1.807, 2.05) is 12.1 Å². The van der Waals surface area contributed by atoms with E-state index in [0.717, 1.165) is 5.56 Å². The summed E-state index contributed by atoms with van der Waals surface area (Å²) in [6.45, 7) is 0. The molecule has 100 valence electrons. The van der Waals surface area contributed by atoms with Crippen molar-refractivity contribution in [2.24, 2.45) is 10.2 Å². The second kappa shape index (κ2) is 6.24. The van der Waals surface area contributed by atoms with Crippen molar-refractivity contribution in [1.29, 1.82) is 0 Å². The van der Waals surface area contributed by atoms with E-state index in [2.05, 4.69) is 15.5 Å². The predicted molar refractivity (Wildman–Crippen MR) is 75.2 cm³/mol. The highest BCUT2D eigenvalue weighted by Gasteiger charge is 2.15. The van der Waals surface area contributed by atoms with Crippen LogP contribution in [0.1, 0.15) is 5.56 Å². The number of hydrogen-bond donors (Lipinski definition) is 1. The van der Waals surface area contributed by atoms with Gasteiger partial charge in [-0.25, -0.2) is 0 Å². The molecule has 0 bridgehead atoms. The summed E-state index contributed by atoms with van der Waals surface area (Å²) >= 11 is 1.33. The third kappa shape index (κ3) is 3.47. The molecular weight excluding hydrogens is 266 g/mol. The van der Waals surface area contributed by atoms with Crippen LogP contribution in [0.4, 0.5) is 0 Å². The molecule has 1 saturated heterocycles. The fraction of sp³-hybridized carbons (Fsp3) is 0.250. The molecule has 1 aliphatic heterocycles. The van der Waals surface area contributed by atoms with Crippen molar-refractivity contribution in [1.82, 2.24) is 5.32 Å². The van der Waals surface area contributed by atoms with Gasteiger partial charge < -0.3 is 14.8 Å². The number of nitrogens with one attached hydrogen (secondary N) is 1. The van der Waals surface area contributed by atoms with Crippen LogP contribution in [0.25, 0.3) is 0 Å². The summed E-state index contributed by atoms with van der Waals surface area (Å²) in [6, 6.07) is 5.39. The Morgan fingerprint density at radius 3 is 2.84 bits per heavy atom. The highest BCUT2D eigenvalue weighted by Crippen LogP contribution is 2.23. The maximum atomic E-state index is 11.0. The minimum atomic E-state index is -0.0546. The number of nitrogens with zero attached hydrogens (tertiary/aromatic N) is 2. The lowest BCUT2D eigenvalue weighted by atomic mass is 10.2. The quantitative estimate of drug-likeness (QED) is 0.665. The molecule has 1 aromatic rings. The second-order valence-corrected chi connectivity index (χ2v) is 4.56. The van der Waals surface area contributed by atoms with Crippen LogP contribution in [0, 0.1) is 0 Å². The smallest absolute Gasteiger partial charge is 0.236 e. The van der Waals surface area contributed by atoms with E-state index in [9.17, 15) is 4.79 Å². The molecule has 0 spiro atoms. The average Bonchev–Trinajstić information content (AvgIpc) is 2.84. The van der Waals surface area contributed by atoms with Gasteiger partial charge >= 0.3 is 0 Å². The second-order valence-electron chi connectivity index (χ2n) is 3.59. The molecule has 0 aromatic heterocycles. The summed E-state index contributed by atoms with van der Waals surface area (Å²) in [4.78, 5) is 11.0. The number of carbonyl (C=O) groups is 1. The lowest BCUT2D eigenvalue weighted by molar-refractivity contribution is -0.116. The molecular formula is C12H13N3O3S. The number of amidine groups is 1. The molecule has 1 aromatic carbocycles. The number of amides is 1. The summed E-state index contributed by atoms with van der Waals surface area (Å²) in [5.74, 6) is 1.69. The number of ether oxygens (including phenoxy) is 2. The van der Waals surface area contributed by atoms with Gasteiger partial charge in [-0.05, 0) is 12.1 Å². The molecule has 1 aliphatic rings. The van der Waals surface area contributed by atoms with Gasteiger partial charge in [-0.15, -0.1) is 5.10 Å². The fourth-order valence-electron chi connectivity index (χ4n) is 1.45. The Bertz CT molecular complexity index is 543. The van der Waals surface area contributed by atoms with Gasteiger partial charge in [0.25, 0.3) is 0 Å². The van der Waals surface area contributed by atoms with Gasteiger partial charge in [0.05, 0.1) is 26.2 Å². The van der Waals surface area contributed by atoms with Gasteiger partial charge in [0.15, 0.2) is 5.17 Å². The first-order chi connectivity index (χ1) is 9.22. The minimum absolute atomic E-state index is 0.0546. The molecule has 0 unspecified atom stereocenters. The Hall–Kier alpha value is -2.02. The van der Waals surface area contributed by atoms with Crippen molar-refractivity contribution >= 4 is 29.1 Å². The van der Waals surface area contributed by atoms with Gasteiger partial charge in [0, 0.05) is 11.6 Å². The monoisotopic (exact) mass is 279 g/mol. The third-order valence-corrected chi connectivity index (χ3v) is 3.24. The number of methoxy groups -OCH3 is 2. The van der Waals surface area contributed by atoms with Crippen molar-refractivity contribution in [2.45, 2.75) is 0 Å². The SMILES string of the molecule is COc1ccc(/C=N/N=C2/NC(=O)CS2)c(OC)c1. The lowest BCUT2D eigenvalue weighted by Gasteiger charge is -2.06. The predicted octanol–water partition coefficient (Wildman–Crippen LogP) is 1.26. The van der Waals surface area contributed by atoms with E-state index in [1.54, 1.807) is 26.5 Å². The van der Waals surface area contributed by atoms with Crippen LogP contribution >= 0.6 is 11.8 Å². The summed E-state index contributed by atoms with van der Waals surface area (Å²) in [5, 5.41) is 11.0. The molecule has 2 rings (SSSR count). The average molecular weight is 279 g/mol. The highest BCUT2D eigenvalue weighted by atomic mass is 32.2. The minimum Gasteiger partial charge on any atom is -0.497 e. The van der Waals surface area contributed by atoms with E-state index in [-0.39, 0.29) is 5.91 Å². The van der Waals surface area contributed by atoms with Crippen molar-refractivity contribution < 1.29 is 14.3 Å². The molecule has 0 aliphatic carbocycles. The van der Waals surface area contributed by atoms with E-state index in [1.165, 1.54) is 11.8 Å². The van der Waals surface area contributed by atoms with Gasteiger partial charge in [-0.1, -0.05) is 11.8 Å². The molecule has 1 amide bonds. The van der Waals surface area contributed by atoms with Crippen molar-refractivity contribution in [2.75, 3.05) is 20.0 Å². The van der Waals surface area contributed by atoms with Gasteiger partial charge in [0.2, 0.25) is 5.91 Å². The number of hydrogen-bond acceptors (Lipinski definition) is 6. The summed E-state index contributed by atoms with van der Waals surface area (Å²) < 4.78 is 10.3. The lowest BCUT2D eigenvalue weighted by Crippen LogP contribution is -2.19. The molecule has 19 heavy (non-hydrogen) atoms. The molecule has 0 saturated carbocycles. The van der Waals surface area contributed by atoms with Crippen LogP contribution in [0.2, 0.25) is 0 Å². The maximum Gasteiger partial charge on any atom is 0.236 e. The van der Waals surface area contributed by atoms with E-state index >= 15 is 0 Å². The Balaban J connectivity index is 2.12. The van der Waals surface area contributed by atoms with Gasteiger partial charge in [-0.3, -0.25) is 4.79 Å².